The van der Waals surface area contributed by atoms with Crippen molar-refractivity contribution in [3.8, 4) is 0 Å². The van der Waals surface area contributed by atoms with Crippen LogP contribution in [0.4, 0.5) is 0 Å². The van der Waals surface area contributed by atoms with Gasteiger partial charge in [-0.1, -0.05) is 168 Å². The fraction of sp³-hybridized carbons (Fsp3) is 0.960. The van der Waals surface area contributed by atoms with Crippen molar-refractivity contribution >= 4 is 11.9 Å². The third kappa shape index (κ3) is 27.3. The normalized spacial score (nSPS) is 16.5. The van der Waals surface area contributed by atoms with Crippen LogP contribution in [0.3, 0.4) is 0 Å². The topological polar surface area (TPSA) is 79.3 Å². The molecule has 7 heteroatoms. The Bertz CT molecular complexity index is 920. The molecule has 2 saturated carbocycles. The molecule has 2 aliphatic carbocycles. The number of ether oxygens (including phenoxy) is 2. The maximum absolute atomic E-state index is 13.3. The molecular weight excluding hydrogens is 709 g/mol. The second-order valence-corrected chi connectivity index (χ2v) is 18.5. The highest BCUT2D eigenvalue weighted by Crippen LogP contribution is 2.27. The molecule has 1 N–H and O–H groups in total. The zero-order chi connectivity index (χ0) is 41.0. The zero-order valence-electron chi connectivity index (χ0n) is 38.3. The Labute approximate surface area is 353 Å². The van der Waals surface area contributed by atoms with Crippen LogP contribution in [0.1, 0.15) is 239 Å². The minimum Gasteiger partial charge on any atom is -0.465 e. The van der Waals surface area contributed by atoms with E-state index >= 15 is 0 Å². The predicted octanol–water partition coefficient (Wildman–Crippen LogP) is 13.0. The molecule has 0 aromatic heterocycles. The minimum atomic E-state index is -0.0966. The van der Waals surface area contributed by atoms with Gasteiger partial charge in [-0.25, -0.2) is 0 Å². The van der Waals surface area contributed by atoms with Crippen molar-refractivity contribution in [1.82, 2.24) is 9.80 Å². The van der Waals surface area contributed by atoms with E-state index in [4.69, 9.17) is 9.47 Å². The quantitative estimate of drug-likeness (QED) is 0.0376. The number of unbranched alkanes of at least 4 members (excludes halogenated alkanes) is 16. The predicted molar refractivity (Wildman–Crippen MR) is 241 cm³/mol. The average Bonchev–Trinajstić information content (AvgIpc) is 3.48. The summed E-state index contributed by atoms with van der Waals surface area (Å²) in [4.78, 5) is 31.5. The first-order chi connectivity index (χ1) is 28.0. The molecule has 2 unspecified atom stereocenters. The molecule has 2 atom stereocenters. The molecule has 2 fully saturated rings. The number of hydrogen-bond acceptors (Lipinski definition) is 7. The van der Waals surface area contributed by atoms with Gasteiger partial charge in [0, 0.05) is 50.5 Å². The number of rotatable bonds is 39. The van der Waals surface area contributed by atoms with Gasteiger partial charge in [0.15, 0.2) is 0 Å². The van der Waals surface area contributed by atoms with Crippen LogP contribution in [0.2, 0.25) is 0 Å². The van der Waals surface area contributed by atoms with E-state index in [1.807, 2.05) is 0 Å². The van der Waals surface area contributed by atoms with Gasteiger partial charge in [0.25, 0.3) is 0 Å². The molecule has 0 saturated heterocycles. The molecule has 2 rings (SSSR count). The van der Waals surface area contributed by atoms with Gasteiger partial charge in [-0.15, -0.1) is 0 Å². The number of esters is 2. The molecule has 0 heterocycles. The average molecular weight is 805 g/mol. The molecule has 0 spiro atoms. The molecule has 0 amide bonds. The Morgan fingerprint density at radius 3 is 1.46 bits per heavy atom. The van der Waals surface area contributed by atoms with Crippen LogP contribution in [0.25, 0.3) is 0 Å². The lowest BCUT2D eigenvalue weighted by molar-refractivity contribution is -0.150. The van der Waals surface area contributed by atoms with Crippen LogP contribution in [-0.4, -0.2) is 84.9 Å². The van der Waals surface area contributed by atoms with Crippen LogP contribution in [0, 0.1) is 11.8 Å². The third-order valence-corrected chi connectivity index (χ3v) is 13.4. The molecule has 7 nitrogen and oxygen atoms in total. The minimum absolute atomic E-state index is 0.0467. The van der Waals surface area contributed by atoms with E-state index < -0.39 is 0 Å². The fourth-order valence-electron chi connectivity index (χ4n) is 9.29. The van der Waals surface area contributed by atoms with Crippen LogP contribution in [-0.2, 0) is 19.1 Å². The van der Waals surface area contributed by atoms with Crippen molar-refractivity contribution in [2.45, 2.75) is 251 Å². The molecule has 2 aliphatic rings. The molecule has 0 aliphatic heterocycles. The highest BCUT2D eigenvalue weighted by atomic mass is 16.5. The van der Waals surface area contributed by atoms with E-state index in [1.165, 1.54) is 161 Å². The Morgan fingerprint density at radius 2 is 0.930 bits per heavy atom. The van der Waals surface area contributed by atoms with Gasteiger partial charge in [0.05, 0.1) is 19.8 Å². The molecule has 0 aromatic rings. The Hall–Kier alpha value is -1.18. The van der Waals surface area contributed by atoms with Crippen LogP contribution in [0.15, 0.2) is 0 Å². The lowest BCUT2D eigenvalue weighted by atomic mass is 9.91. The summed E-state index contributed by atoms with van der Waals surface area (Å²) in [7, 11) is 0. The lowest BCUT2D eigenvalue weighted by Gasteiger charge is -2.40. The first-order valence-corrected chi connectivity index (χ1v) is 25.4. The van der Waals surface area contributed by atoms with Gasteiger partial charge < -0.3 is 14.6 Å². The number of carbonyl (C=O) groups is 2. The summed E-state index contributed by atoms with van der Waals surface area (Å²) >= 11 is 0. The standard InChI is InChI=1S/C50H96N2O5/c1-4-7-10-13-15-16-18-25-36-49(54)56-43-46(44-57-50(55)42-45(29-21-12-9-6-3)30-22-17-14-11-8-5-2)31-26-27-37-51(48-34-28-35-48)38-39-52(40-41-53)47-32-23-19-20-24-33-47/h45-48,53H,4-44H2,1-3H3. The summed E-state index contributed by atoms with van der Waals surface area (Å²) in [6.07, 6.45) is 40.5. The summed E-state index contributed by atoms with van der Waals surface area (Å²) in [6.45, 7) is 11.7. The van der Waals surface area contributed by atoms with E-state index in [1.54, 1.807) is 0 Å². The summed E-state index contributed by atoms with van der Waals surface area (Å²) in [5.74, 6) is 0.303. The maximum atomic E-state index is 13.3. The largest absolute Gasteiger partial charge is 0.465 e. The Morgan fingerprint density at radius 1 is 0.491 bits per heavy atom. The first kappa shape index (κ1) is 52.0. The highest BCUT2D eigenvalue weighted by molar-refractivity contribution is 5.70. The van der Waals surface area contributed by atoms with Crippen molar-refractivity contribution in [3.63, 3.8) is 0 Å². The zero-order valence-corrected chi connectivity index (χ0v) is 38.3. The first-order valence-electron chi connectivity index (χ1n) is 25.4. The smallest absolute Gasteiger partial charge is 0.306 e. The van der Waals surface area contributed by atoms with Crippen LogP contribution in [0.5, 0.6) is 0 Å². The molecule has 0 bridgehead atoms. The van der Waals surface area contributed by atoms with Crippen LogP contribution < -0.4 is 0 Å². The van der Waals surface area contributed by atoms with E-state index in [9.17, 15) is 14.7 Å². The molecular formula is C50H96N2O5. The summed E-state index contributed by atoms with van der Waals surface area (Å²) in [6, 6.07) is 1.31. The Kier molecular flexibility index (Phi) is 33.4. The van der Waals surface area contributed by atoms with Gasteiger partial charge in [-0.05, 0) is 70.3 Å². The van der Waals surface area contributed by atoms with Gasteiger partial charge in [0.1, 0.15) is 0 Å². The molecule has 336 valence electrons. The fourth-order valence-corrected chi connectivity index (χ4v) is 9.29. The number of aliphatic hydroxyl groups is 1. The number of aliphatic hydroxyl groups excluding tert-OH is 1. The lowest BCUT2D eigenvalue weighted by Crippen LogP contribution is -2.47. The van der Waals surface area contributed by atoms with Crippen molar-refractivity contribution in [1.29, 1.82) is 0 Å². The Balaban J connectivity index is 1.90. The molecule has 57 heavy (non-hydrogen) atoms. The SMILES string of the molecule is CCCCCCCCCCC(=O)OCC(CCCCN(CCN(CCO)C1CCCCCC1)C1CCC1)COC(=O)CC(CCCCCC)CCCCCCCC. The second-order valence-electron chi connectivity index (χ2n) is 18.5. The summed E-state index contributed by atoms with van der Waals surface area (Å²) in [5, 5.41) is 9.89. The van der Waals surface area contributed by atoms with Crippen molar-refractivity contribution in [2.75, 3.05) is 46.0 Å². The van der Waals surface area contributed by atoms with Gasteiger partial charge in [-0.3, -0.25) is 19.4 Å². The number of carbonyl (C=O) groups excluding carboxylic acids is 2. The third-order valence-electron chi connectivity index (χ3n) is 13.4. The van der Waals surface area contributed by atoms with E-state index in [2.05, 4.69) is 30.6 Å². The number of hydrogen-bond donors (Lipinski definition) is 1. The monoisotopic (exact) mass is 805 g/mol. The molecule has 0 aromatic carbocycles. The van der Waals surface area contributed by atoms with E-state index in [0.29, 0.717) is 44.1 Å². The van der Waals surface area contributed by atoms with Crippen molar-refractivity contribution in [3.05, 3.63) is 0 Å². The van der Waals surface area contributed by atoms with E-state index in [0.717, 1.165) is 71.1 Å². The van der Waals surface area contributed by atoms with Gasteiger partial charge in [0.2, 0.25) is 0 Å². The van der Waals surface area contributed by atoms with Crippen molar-refractivity contribution < 1.29 is 24.2 Å². The highest BCUT2D eigenvalue weighted by Gasteiger charge is 2.27. The summed E-state index contributed by atoms with van der Waals surface area (Å²) < 4.78 is 11.9. The maximum Gasteiger partial charge on any atom is 0.306 e. The number of nitrogens with zero attached hydrogens (tertiary/aromatic N) is 2. The van der Waals surface area contributed by atoms with Gasteiger partial charge >= 0.3 is 11.9 Å². The summed E-state index contributed by atoms with van der Waals surface area (Å²) in [5.41, 5.74) is 0. The molecule has 0 radical (unpaired) electrons. The second kappa shape index (κ2) is 36.7. The van der Waals surface area contributed by atoms with Gasteiger partial charge in [-0.2, -0.15) is 0 Å². The van der Waals surface area contributed by atoms with Crippen LogP contribution >= 0.6 is 0 Å². The van der Waals surface area contributed by atoms with E-state index in [-0.39, 0.29) is 24.5 Å². The van der Waals surface area contributed by atoms with Crippen molar-refractivity contribution in [2.24, 2.45) is 11.8 Å².